The van der Waals surface area contributed by atoms with Crippen molar-refractivity contribution in [2.24, 2.45) is 7.05 Å². The van der Waals surface area contributed by atoms with E-state index in [0.717, 1.165) is 25.3 Å². The largest absolute Gasteiger partial charge is 0.311 e. The molecule has 2 rings (SSSR count). The van der Waals surface area contributed by atoms with E-state index < -0.39 is 0 Å². The molecule has 0 aliphatic carbocycles. The Bertz CT molecular complexity index is 393. The molecule has 0 saturated carbocycles. The van der Waals surface area contributed by atoms with E-state index in [-0.39, 0.29) is 0 Å². The van der Waals surface area contributed by atoms with Gasteiger partial charge in [0.25, 0.3) is 0 Å². The highest BCUT2D eigenvalue weighted by Crippen LogP contribution is 2.07. The van der Waals surface area contributed by atoms with Crippen LogP contribution in [0.1, 0.15) is 10.7 Å². The first kappa shape index (κ1) is 10.3. The summed E-state index contributed by atoms with van der Waals surface area (Å²) in [5.41, 5.74) is 0. The second-order valence-electron chi connectivity index (χ2n) is 3.31. The predicted molar refractivity (Wildman–Crippen MR) is 60.7 cm³/mol. The van der Waals surface area contributed by atoms with Crippen LogP contribution >= 0.6 is 11.3 Å². The van der Waals surface area contributed by atoms with Gasteiger partial charge in [0.1, 0.15) is 12.2 Å². The zero-order chi connectivity index (χ0) is 10.5. The van der Waals surface area contributed by atoms with Gasteiger partial charge in [0.2, 0.25) is 0 Å². The molecule has 2 aromatic rings. The Hall–Kier alpha value is -1.20. The molecule has 0 spiro atoms. The number of hydrogen-bond acceptors (Lipinski definition) is 4. The first-order valence-electron chi connectivity index (χ1n) is 4.92. The van der Waals surface area contributed by atoms with Crippen molar-refractivity contribution in [2.45, 2.75) is 13.0 Å². The van der Waals surface area contributed by atoms with Crippen LogP contribution < -0.4 is 5.32 Å². The molecule has 2 heterocycles. The van der Waals surface area contributed by atoms with Gasteiger partial charge >= 0.3 is 0 Å². The summed E-state index contributed by atoms with van der Waals surface area (Å²) in [6, 6.07) is 4.21. The molecular weight excluding hydrogens is 208 g/mol. The molecule has 80 valence electrons. The lowest BCUT2D eigenvalue weighted by Gasteiger charge is -2.02. The Morgan fingerprint density at radius 1 is 1.53 bits per heavy atom. The molecular formula is C10H14N4S. The van der Waals surface area contributed by atoms with E-state index >= 15 is 0 Å². The van der Waals surface area contributed by atoms with Crippen molar-refractivity contribution in [3.8, 4) is 0 Å². The zero-order valence-electron chi connectivity index (χ0n) is 8.68. The zero-order valence-corrected chi connectivity index (χ0v) is 9.50. The monoisotopic (exact) mass is 222 g/mol. The van der Waals surface area contributed by atoms with E-state index in [0.29, 0.717) is 0 Å². The number of aromatic nitrogens is 3. The average Bonchev–Trinajstić information content (AvgIpc) is 2.85. The molecule has 0 amide bonds. The minimum atomic E-state index is 0.919. The van der Waals surface area contributed by atoms with E-state index in [1.807, 2.05) is 11.7 Å². The molecule has 4 nitrogen and oxygen atoms in total. The van der Waals surface area contributed by atoms with Gasteiger partial charge in [0.15, 0.2) is 0 Å². The highest BCUT2D eigenvalue weighted by atomic mass is 32.1. The third-order valence-corrected chi connectivity index (χ3v) is 3.09. The van der Waals surface area contributed by atoms with Crippen molar-refractivity contribution in [1.29, 1.82) is 0 Å². The van der Waals surface area contributed by atoms with Gasteiger partial charge in [-0.2, -0.15) is 5.10 Å². The van der Waals surface area contributed by atoms with Crippen LogP contribution in [0.15, 0.2) is 23.8 Å². The summed E-state index contributed by atoms with van der Waals surface area (Å²) in [5, 5.41) is 9.50. The highest BCUT2D eigenvalue weighted by Gasteiger charge is 1.99. The first-order valence-corrected chi connectivity index (χ1v) is 5.80. The summed E-state index contributed by atoms with van der Waals surface area (Å²) in [4.78, 5) is 5.53. The maximum atomic E-state index is 4.16. The molecule has 0 atom stereocenters. The molecule has 0 saturated heterocycles. The average molecular weight is 222 g/mol. The van der Waals surface area contributed by atoms with Gasteiger partial charge in [-0.05, 0) is 11.4 Å². The molecule has 0 bridgehead atoms. The number of aryl methyl sites for hydroxylation is 1. The van der Waals surface area contributed by atoms with Crippen molar-refractivity contribution in [3.63, 3.8) is 0 Å². The van der Waals surface area contributed by atoms with Gasteiger partial charge in [-0.15, -0.1) is 11.3 Å². The molecule has 0 aliphatic rings. The predicted octanol–water partition coefficient (Wildman–Crippen LogP) is 1.21. The van der Waals surface area contributed by atoms with Crippen LogP contribution in [-0.2, 0) is 20.0 Å². The van der Waals surface area contributed by atoms with Gasteiger partial charge in [0, 0.05) is 31.4 Å². The minimum Gasteiger partial charge on any atom is -0.311 e. The van der Waals surface area contributed by atoms with Crippen LogP contribution in [0.3, 0.4) is 0 Å². The smallest absolute Gasteiger partial charge is 0.138 e. The first-order chi connectivity index (χ1) is 7.36. The number of hydrogen-bond donors (Lipinski definition) is 1. The minimum absolute atomic E-state index is 0.919. The van der Waals surface area contributed by atoms with Gasteiger partial charge in [0.05, 0.1) is 0 Å². The standard InChI is InChI=1S/C10H14N4S/c1-14-10(12-8-13-14)4-5-11-7-9-3-2-6-15-9/h2-3,6,8,11H,4-5,7H2,1H3. The molecule has 1 N–H and O–H groups in total. The van der Waals surface area contributed by atoms with E-state index in [4.69, 9.17) is 0 Å². The summed E-state index contributed by atoms with van der Waals surface area (Å²) in [6.07, 6.45) is 2.51. The van der Waals surface area contributed by atoms with Gasteiger partial charge in [-0.25, -0.2) is 4.98 Å². The fourth-order valence-corrected chi connectivity index (χ4v) is 2.05. The van der Waals surface area contributed by atoms with E-state index in [1.54, 1.807) is 17.7 Å². The van der Waals surface area contributed by atoms with Crippen molar-refractivity contribution in [2.75, 3.05) is 6.54 Å². The van der Waals surface area contributed by atoms with Crippen LogP contribution in [0.2, 0.25) is 0 Å². The molecule has 0 aliphatic heterocycles. The van der Waals surface area contributed by atoms with Crippen molar-refractivity contribution in [3.05, 3.63) is 34.5 Å². The van der Waals surface area contributed by atoms with Crippen molar-refractivity contribution >= 4 is 11.3 Å². The number of thiophene rings is 1. The molecule has 2 aromatic heterocycles. The van der Waals surface area contributed by atoms with Crippen LogP contribution in [0.5, 0.6) is 0 Å². The fourth-order valence-electron chi connectivity index (χ4n) is 1.37. The van der Waals surface area contributed by atoms with E-state index in [1.165, 1.54) is 4.88 Å². The Kier molecular flexibility index (Phi) is 3.47. The van der Waals surface area contributed by atoms with Crippen molar-refractivity contribution < 1.29 is 0 Å². The normalized spacial score (nSPS) is 10.7. The van der Waals surface area contributed by atoms with Crippen LogP contribution in [0.25, 0.3) is 0 Å². The second kappa shape index (κ2) is 5.04. The highest BCUT2D eigenvalue weighted by molar-refractivity contribution is 7.09. The van der Waals surface area contributed by atoms with Crippen LogP contribution in [0.4, 0.5) is 0 Å². The summed E-state index contributed by atoms with van der Waals surface area (Å²) in [5.74, 6) is 1.02. The maximum absolute atomic E-state index is 4.16. The molecule has 5 heteroatoms. The molecule has 15 heavy (non-hydrogen) atoms. The topological polar surface area (TPSA) is 42.7 Å². The molecule has 0 fully saturated rings. The SMILES string of the molecule is Cn1ncnc1CCNCc1cccs1. The third kappa shape index (κ3) is 2.87. The molecule has 0 unspecified atom stereocenters. The van der Waals surface area contributed by atoms with Crippen LogP contribution in [-0.4, -0.2) is 21.3 Å². The Labute approximate surface area is 93.0 Å². The lowest BCUT2D eigenvalue weighted by atomic mass is 10.4. The van der Waals surface area contributed by atoms with Gasteiger partial charge < -0.3 is 5.32 Å². The van der Waals surface area contributed by atoms with E-state index in [9.17, 15) is 0 Å². The summed E-state index contributed by atoms with van der Waals surface area (Å²) in [7, 11) is 1.92. The molecule has 0 radical (unpaired) electrons. The lowest BCUT2D eigenvalue weighted by Crippen LogP contribution is -2.17. The molecule has 0 aromatic carbocycles. The number of nitrogens with zero attached hydrogens (tertiary/aromatic N) is 3. The maximum Gasteiger partial charge on any atom is 0.138 e. The second-order valence-corrected chi connectivity index (χ2v) is 4.34. The third-order valence-electron chi connectivity index (χ3n) is 2.21. The summed E-state index contributed by atoms with van der Waals surface area (Å²) < 4.78 is 1.81. The number of nitrogens with one attached hydrogen (secondary N) is 1. The van der Waals surface area contributed by atoms with Crippen LogP contribution in [0, 0.1) is 0 Å². The van der Waals surface area contributed by atoms with Gasteiger partial charge in [-0.1, -0.05) is 6.07 Å². The van der Waals surface area contributed by atoms with Gasteiger partial charge in [-0.3, -0.25) is 4.68 Å². The fraction of sp³-hybridized carbons (Fsp3) is 0.400. The quantitative estimate of drug-likeness (QED) is 0.773. The Morgan fingerprint density at radius 2 is 2.47 bits per heavy atom. The Balaban J connectivity index is 1.70. The summed E-state index contributed by atoms with van der Waals surface area (Å²) >= 11 is 1.78. The lowest BCUT2D eigenvalue weighted by molar-refractivity contribution is 0.637. The number of rotatable bonds is 5. The van der Waals surface area contributed by atoms with Crippen molar-refractivity contribution in [1.82, 2.24) is 20.1 Å². The summed E-state index contributed by atoms with van der Waals surface area (Å²) in [6.45, 7) is 1.87. The Morgan fingerprint density at radius 3 is 3.13 bits per heavy atom. The van der Waals surface area contributed by atoms with E-state index in [2.05, 4.69) is 32.9 Å².